The zero-order valence-corrected chi connectivity index (χ0v) is 19.2. The summed E-state index contributed by atoms with van der Waals surface area (Å²) in [6, 6.07) is 14.9. The largest absolute Gasteiger partial charge is 0.419 e. The highest BCUT2D eigenvalue weighted by Gasteiger charge is 2.34. The molecule has 6 nitrogen and oxygen atoms in total. The fraction of sp³-hybridized carbons (Fsp3) is 0.217. The van der Waals surface area contributed by atoms with Crippen molar-refractivity contribution < 1.29 is 9.21 Å². The summed E-state index contributed by atoms with van der Waals surface area (Å²) in [4.78, 5) is 19.5. The van der Waals surface area contributed by atoms with Crippen molar-refractivity contribution in [1.29, 1.82) is 0 Å². The molecule has 9 heteroatoms. The fourth-order valence-electron chi connectivity index (χ4n) is 3.35. The number of carbonyl (C=O) groups is 1. The highest BCUT2D eigenvalue weighted by Crippen LogP contribution is 2.30. The molecule has 0 atom stereocenters. The number of hydrogen-bond donors (Lipinski definition) is 0. The van der Waals surface area contributed by atoms with Gasteiger partial charge in [-0.1, -0.05) is 35.3 Å². The summed E-state index contributed by atoms with van der Waals surface area (Å²) in [5.41, 5.74) is 2.52. The summed E-state index contributed by atoms with van der Waals surface area (Å²) in [5, 5.41) is 12.4. The van der Waals surface area contributed by atoms with E-state index in [1.165, 1.54) is 11.3 Å². The van der Waals surface area contributed by atoms with E-state index in [0.29, 0.717) is 21.8 Å². The molecule has 2 heterocycles. The smallest absolute Gasteiger partial charge is 0.247 e. The Morgan fingerprint density at radius 2 is 1.66 bits per heavy atom. The molecular formula is C23H18Cl2N4O2S. The molecule has 0 N–H and O–H groups in total. The van der Waals surface area contributed by atoms with Gasteiger partial charge in [-0.15, -0.1) is 21.5 Å². The van der Waals surface area contributed by atoms with E-state index in [4.69, 9.17) is 27.6 Å². The SMILES string of the molecule is O=C(Cc1csc(-c2ccc(Cl)cc2)n1)N(Cc1nnc(-c2ccc(Cl)cc2)o1)C1CC1. The predicted octanol–water partition coefficient (Wildman–Crippen LogP) is 5.90. The number of amides is 1. The Kier molecular flexibility index (Phi) is 5.95. The molecule has 2 aromatic carbocycles. The minimum Gasteiger partial charge on any atom is -0.419 e. The quantitative estimate of drug-likeness (QED) is 0.326. The minimum atomic E-state index is 0.00620. The maximum absolute atomic E-state index is 13.1. The number of aromatic nitrogens is 3. The van der Waals surface area contributed by atoms with Crippen molar-refractivity contribution >= 4 is 40.4 Å². The van der Waals surface area contributed by atoms with Crippen molar-refractivity contribution in [2.45, 2.75) is 31.8 Å². The second kappa shape index (κ2) is 9.02. The van der Waals surface area contributed by atoms with Crippen LogP contribution in [0.4, 0.5) is 0 Å². The average Bonchev–Trinajstić information content (AvgIpc) is 3.34. The Bertz CT molecular complexity index is 1230. The van der Waals surface area contributed by atoms with Crippen LogP contribution in [0.5, 0.6) is 0 Å². The van der Waals surface area contributed by atoms with Gasteiger partial charge < -0.3 is 9.32 Å². The molecular weight excluding hydrogens is 467 g/mol. The zero-order valence-electron chi connectivity index (χ0n) is 16.9. The summed E-state index contributed by atoms with van der Waals surface area (Å²) in [5.74, 6) is 0.828. The van der Waals surface area contributed by atoms with Crippen LogP contribution in [0.25, 0.3) is 22.0 Å². The van der Waals surface area contributed by atoms with E-state index in [9.17, 15) is 4.79 Å². The van der Waals surface area contributed by atoms with E-state index in [1.807, 2.05) is 46.7 Å². The summed E-state index contributed by atoms with van der Waals surface area (Å²) in [6.07, 6.45) is 2.20. The number of carbonyl (C=O) groups excluding carboxylic acids is 1. The molecule has 0 unspecified atom stereocenters. The van der Waals surface area contributed by atoms with Gasteiger partial charge in [-0.05, 0) is 49.2 Å². The molecule has 0 saturated heterocycles. The minimum absolute atomic E-state index is 0.00620. The Hall–Kier alpha value is -2.74. The normalized spacial score (nSPS) is 13.3. The molecule has 1 saturated carbocycles. The Balaban J connectivity index is 1.27. The molecule has 0 radical (unpaired) electrons. The van der Waals surface area contributed by atoms with Gasteiger partial charge in [0.05, 0.1) is 18.7 Å². The van der Waals surface area contributed by atoms with Crippen LogP contribution in [0.3, 0.4) is 0 Å². The van der Waals surface area contributed by atoms with Gasteiger partial charge in [-0.3, -0.25) is 4.79 Å². The van der Waals surface area contributed by atoms with Gasteiger partial charge in [0.15, 0.2) is 0 Å². The first-order valence-electron chi connectivity index (χ1n) is 10.1. The van der Waals surface area contributed by atoms with Crippen LogP contribution in [-0.4, -0.2) is 32.0 Å². The summed E-state index contributed by atoms with van der Waals surface area (Å²) >= 11 is 13.4. The van der Waals surface area contributed by atoms with Gasteiger partial charge in [-0.2, -0.15) is 0 Å². The van der Waals surface area contributed by atoms with Crippen LogP contribution in [-0.2, 0) is 17.8 Å². The van der Waals surface area contributed by atoms with Crippen LogP contribution < -0.4 is 0 Å². The van der Waals surface area contributed by atoms with Crippen molar-refractivity contribution in [1.82, 2.24) is 20.1 Å². The highest BCUT2D eigenvalue weighted by molar-refractivity contribution is 7.13. The molecule has 1 aliphatic rings. The molecule has 0 bridgehead atoms. The van der Waals surface area contributed by atoms with E-state index in [-0.39, 0.29) is 24.9 Å². The van der Waals surface area contributed by atoms with Gasteiger partial charge in [0, 0.05) is 32.6 Å². The lowest BCUT2D eigenvalue weighted by atomic mass is 10.2. The standard InChI is InChI=1S/C23H18Cl2N4O2S/c24-16-5-1-14(2-6-16)22-28-27-20(31-22)12-29(19-9-10-19)21(30)11-18-13-32-23(26-18)15-3-7-17(25)8-4-15/h1-8,13,19H,9-12H2. The summed E-state index contributed by atoms with van der Waals surface area (Å²) < 4.78 is 5.81. The third-order valence-electron chi connectivity index (χ3n) is 5.15. The first-order valence-corrected chi connectivity index (χ1v) is 11.8. The summed E-state index contributed by atoms with van der Waals surface area (Å²) in [6.45, 7) is 0.290. The predicted molar refractivity (Wildman–Crippen MR) is 125 cm³/mol. The van der Waals surface area contributed by atoms with Crippen molar-refractivity contribution in [3.8, 4) is 22.0 Å². The molecule has 2 aromatic heterocycles. The lowest BCUT2D eigenvalue weighted by Crippen LogP contribution is -2.34. The van der Waals surface area contributed by atoms with Gasteiger partial charge in [0.2, 0.25) is 17.7 Å². The molecule has 162 valence electrons. The van der Waals surface area contributed by atoms with E-state index >= 15 is 0 Å². The number of hydrogen-bond acceptors (Lipinski definition) is 6. The van der Waals surface area contributed by atoms with E-state index in [0.717, 1.165) is 34.7 Å². The van der Waals surface area contributed by atoms with E-state index in [2.05, 4.69) is 15.2 Å². The molecule has 0 spiro atoms. The van der Waals surface area contributed by atoms with Crippen LogP contribution in [0.1, 0.15) is 24.4 Å². The zero-order chi connectivity index (χ0) is 22.1. The van der Waals surface area contributed by atoms with Gasteiger partial charge in [0.25, 0.3) is 0 Å². The maximum Gasteiger partial charge on any atom is 0.247 e. The number of rotatable bonds is 7. The van der Waals surface area contributed by atoms with Gasteiger partial charge >= 0.3 is 0 Å². The molecule has 1 fully saturated rings. The third-order valence-corrected chi connectivity index (χ3v) is 6.59. The summed E-state index contributed by atoms with van der Waals surface area (Å²) in [7, 11) is 0. The van der Waals surface area contributed by atoms with E-state index in [1.54, 1.807) is 12.1 Å². The van der Waals surface area contributed by atoms with Gasteiger partial charge in [0.1, 0.15) is 5.01 Å². The molecule has 1 amide bonds. The monoisotopic (exact) mass is 484 g/mol. The second-order valence-electron chi connectivity index (χ2n) is 7.59. The van der Waals surface area contributed by atoms with Crippen LogP contribution in [0, 0.1) is 0 Å². The first-order chi connectivity index (χ1) is 15.5. The van der Waals surface area contributed by atoms with Crippen LogP contribution in [0.15, 0.2) is 58.3 Å². The molecule has 1 aliphatic carbocycles. The topological polar surface area (TPSA) is 72.1 Å². The first kappa shape index (κ1) is 21.1. The van der Waals surface area contributed by atoms with Crippen molar-refractivity contribution in [2.24, 2.45) is 0 Å². The van der Waals surface area contributed by atoms with Crippen molar-refractivity contribution in [3.63, 3.8) is 0 Å². The lowest BCUT2D eigenvalue weighted by molar-refractivity contribution is -0.132. The van der Waals surface area contributed by atoms with Crippen LogP contribution in [0.2, 0.25) is 10.0 Å². The Morgan fingerprint density at radius 1 is 1.00 bits per heavy atom. The third kappa shape index (κ3) is 4.85. The Labute approximate surface area is 198 Å². The van der Waals surface area contributed by atoms with Crippen molar-refractivity contribution in [3.05, 3.63) is 75.5 Å². The Morgan fingerprint density at radius 3 is 2.31 bits per heavy atom. The number of nitrogens with zero attached hydrogens (tertiary/aromatic N) is 4. The molecule has 32 heavy (non-hydrogen) atoms. The van der Waals surface area contributed by atoms with E-state index < -0.39 is 0 Å². The average molecular weight is 485 g/mol. The fourth-order valence-corrected chi connectivity index (χ4v) is 4.43. The number of thiazole rings is 1. The molecule has 0 aliphatic heterocycles. The van der Waals surface area contributed by atoms with Crippen LogP contribution >= 0.6 is 34.5 Å². The number of halogens is 2. The molecule has 5 rings (SSSR count). The van der Waals surface area contributed by atoms with Crippen molar-refractivity contribution in [2.75, 3.05) is 0 Å². The van der Waals surface area contributed by atoms with Gasteiger partial charge in [-0.25, -0.2) is 4.98 Å². The lowest BCUT2D eigenvalue weighted by Gasteiger charge is -2.20. The highest BCUT2D eigenvalue weighted by atomic mass is 35.5. The molecule has 4 aromatic rings. The number of benzene rings is 2. The second-order valence-corrected chi connectivity index (χ2v) is 9.32. The maximum atomic E-state index is 13.1.